The molecular weight excluding hydrogens is 494 g/mol. The highest BCUT2D eigenvalue weighted by Gasteiger charge is 2.34. The molecule has 0 spiro atoms. The minimum absolute atomic E-state index is 0.0322. The van der Waals surface area contributed by atoms with E-state index >= 15 is 0 Å². The van der Waals surface area contributed by atoms with E-state index in [0.717, 1.165) is 50.0 Å². The van der Waals surface area contributed by atoms with Gasteiger partial charge in [0.15, 0.2) is 5.11 Å². The summed E-state index contributed by atoms with van der Waals surface area (Å²) in [4.78, 5) is 29.9. The molecule has 4 rings (SSSR count). The van der Waals surface area contributed by atoms with E-state index in [1.807, 2.05) is 42.5 Å². The van der Waals surface area contributed by atoms with Gasteiger partial charge in [-0.15, -0.1) is 0 Å². The Hall–Kier alpha value is -3.97. The predicted octanol–water partition coefficient (Wildman–Crippen LogP) is 6.72. The van der Waals surface area contributed by atoms with Crippen LogP contribution >= 0.6 is 12.2 Å². The summed E-state index contributed by atoms with van der Waals surface area (Å²) in [7, 11) is 0. The first-order valence-corrected chi connectivity index (χ1v) is 13.5. The third kappa shape index (κ3) is 6.66. The molecule has 0 atom stereocenters. The Balaban J connectivity index is 1.52. The Morgan fingerprint density at radius 2 is 1.45 bits per heavy atom. The van der Waals surface area contributed by atoms with Crippen LogP contribution in [-0.2, 0) is 9.59 Å². The van der Waals surface area contributed by atoms with E-state index in [-0.39, 0.29) is 10.7 Å². The molecule has 0 aromatic heterocycles. The number of benzene rings is 3. The van der Waals surface area contributed by atoms with Crippen molar-refractivity contribution in [2.45, 2.75) is 39.5 Å². The topological polar surface area (TPSA) is 61.9 Å². The number of rotatable bonds is 11. The zero-order valence-corrected chi connectivity index (χ0v) is 22.7. The monoisotopic (exact) mass is 527 g/mol. The van der Waals surface area contributed by atoms with Crippen LogP contribution < -0.4 is 19.9 Å². The van der Waals surface area contributed by atoms with Gasteiger partial charge < -0.3 is 9.64 Å². The van der Waals surface area contributed by atoms with Gasteiger partial charge >= 0.3 is 0 Å². The Bertz CT molecular complexity index is 1280. The van der Waals surface area contributed by atoms with Crippen molar-refractivity contribution >= 4 is 46.6 Å². The van der Waals surface area contributed by atoms with Crippen molar-refractivity contribution in [2.24, 2.45) is 0 Å². The average Bonchev–Trinajstić information content (AvgIpc) is 2.93. The van der Waals surface area contributed by atoms with Crippen LogP contribution in [0.2, 0.25) is 0 Å². The number of carbonyl (C=O) groups is 2. The fourth-order valence-electron chi connectivity index (χ4n) is 4.20. The Morgan fingerprint density at radius 3 is 2.05 bits per heavy atom. The van der Waals surface area contributed by atoms with Crippen LogP contribution in [0, 0.1) is 0 Å². The van der Waals surface area contributed by atoms with Gasteiger partial charge in [0.05, 0.1) is 5.69 Å². The predicted molar refractivity (Wildman–Crippen MR) is 158 cm³/mol. The van der Waals surface area contributed by atoms with E-state index in [9.17, 15) is 9.59 Å². The molecular formula is C31H33N3O3S. The smallest absolute Gasteiger partial charge is 0.270 e. The minimum atomic E-state index is -0.503. The maximum Gasteiger partial charge on any atom is 0.270 e. The van der Waals surface area contributed by atoms with Crippen molar-refractivity contribution in [3.63, 3.8) is 0 Å². The quantitative estimate of drug-likeness (QED) is 0.170. The third-order valence-electron chi connectivity index (χ3n) is 6.31. The molecule has 3 aromatic carbocycles. The molecule has 0 unspecified atom stereocenters. The molecule has 1 heterocycles. The Kier molecular flexibility index (Phi) is 9.27. The SMILES string of the molecule is CCCCN(CCCC)c1ccc(/C=C2\C(=O)NC(=S)N(c3ccc(Oc4ccccc4)cc3)C2=O)cc1. The van der Waals surface area contributed by atoms with E-state index in [1.54, 1.807) is 30.3 Å². The van der Waals surface area contributed by atoms with Crippen LogP contribution in [0.4, 0.5) is 11.4 Å². The molecule has 0 radical (unpaired) electrons. The molecule has 1 aliphatic rings. The van der Waals surface area contributed by atoms with E-state index in [1.165, 1.54) is 4.90 Å². The van der Waals surface area contributed by atoms with E-state index in [0.29, 0.717) is 17.2 Å². The summed E-state index contributed by atoms with van der Waals surface area (Å²) in [5.74, 6) is 0.373. The second-order valence-electron chi connectivity index (χ2n) is 9.15. The standard InChI is InChI=1S/C31H33N3O3S/c1-3-5-20-33(21-6-4-2)24-14-12-23(13-15-24)22-28-29(35)32-31(38)34(30(28)36)25-16-18-27(19-17-25)37-26-10-8-7-9-11-26/h7-19,22H,3-6,20-21H2,1-2H3,(H,32,35,38)/b28-22+. The number of hydrogen-bond acceptors (Lipinski definition) is 5. The summed E-state index contributed by atoms with van der Waals surface area (Å²) < 4.78 is 5.84. The highest BCUT2D eigenvalue weighted by atomic mass is 32.1. The summed E-state index contributed by atoms with van der Waals surface area (Å²) in [6.45, 7) is 6.42. The van der Waals surface area contributed by atoms with Crippen molar-refractivity contribution < 1.29 is 14.3 Å². The second-order valence-corrected chi connectivity index (χ2v) is 9.54. The van der Waals surface area contributed by atoms with E-state index < -0.39 is 11.8 Å². The number of unbranched alkanes of at least 4 members (excludes halogenated alkanes) is 2. The zero-order chi connectivity index (χ0) is 26.9. The highest BCUT2D eigenvalue weighted by molar-refractivity contribution is 7.80. The molecule has 3 aromatic rings. The minimum Gasteiger partial charge on any atom is -0.457 e. The van der Waals surface area contributed by atoms with E-state index in [2.05, 4.69) is 36.2 Å². The van der Waals surface area contributed by atoms with Gasteiger partial charge in [-0.05, 0) is 85.2 Å². The lowest BCUT2D eigenvalue weighted by Crippen LogP contribution is -2.54. The molecule has 0 aliphatic carbocycles. The number of thiocarbonyl (C=S) groups is 1. The molecule has 2 amide bonds. The fourth-order valence-corrected chi connectivity index (χ4v) is 4.48. The maximum atomic E-state index is 13.4. The van der Waals surface area contributed by atoms with Crippen molar-refractivity contribution in [1.82, 2.24) is 5.32 Å². The van der Waals surface area contributed by atoms with Crippen molar-refractivity contribution in [2.75, 3.05) is 22.9 Å². The third-order valence-corrected chi connectivity index (χ3v) is 6.59. The van der Waals surface area contributed by atoms with Crippen molar-refractivity contribution in [1.29, 1.82) is 0 Å². The lowest BCUT2D eigenvalue weighted by atomic mass is 10.1. The highest BCUT2D eigenvalue weighted by Crippen LogP contribution is 2.27. The lowest BCUT2D eigenvalue weighted by Gasteiger charge is -2.29. The van der Waals surface area contributed by atoms with Gasteiger partial charge in [0.2, 0.25) is 0 Å². The molecule has 1 aliphatic heterocycles. The summed E-state index contributed by atoms with van der Waals surface area (Å²) in [5.41, 5.74) is 2.50. The number of carbonyl (C=O) groups excluding carboxylic acids is 2. The second kappa shape index (κ2) is 13.0. The molecule has 7 heteroatoms. The normalized spacial score (nSPS) is 14.5. The average molecular weight is 528 g/mol. The van der Waals surface area contributed by atoms with Crippen molar-refractivity contribution in [3.05, 3.63) is 90.0 Å². The van der Waals surface area contributed by atoms with Crippen LogP contribution in [-0.4, -0.2) is 30.0 Å². The molecule has 1 fully saturated rings. The van der Waals surface area contributed by atoms with Gasteiger partial charge in [-0.25, -0.2) is 0 Å². The molecule has 0 bridgehead atoms. The summed E-state index contributed by atoms with van der Waals surface area (Å²) in [6, 6.07) is 24.5. The van der Waals surface area contributed by atoms with Gasteiger partial charge in [-0.3, -0.25) is 19.8 Å². The number of anilines is 2. The molecule has 1 saturated heterocycles. The molecule has 0 saturated carbocycles. The number of hydrogen-bond donors (Lipinski definition) is 1. The van der Waals surface area contributed by atoms with Gasteiger partial charge in [-0.2, -0.15) is 0 Å². The van der Waals surface area contributed by atoms with E-state index in [4.69, 9.17) is 17.0 Å². The number of ether oxygens (including phenoxy) is 1. The molecule has 1 N–H and O–H groups in total. The van der Waals surface area contributed by atoms with Gasteiger partial charge in [-0.1, -0.05) is 57.0 Å². The van der Waals surface area contributed by atoms with Crippen molar-refractivity contribution in [3.8, 4) is 11.5 Å². The van der Waals surface area contributed by atoms with Crippen LogP contribution in [0.5, 0.6) is 11.5 Å². The Labute approximate surface area is 229 Å². The summed E-state index contributed by atoms with van der Waals surface area (Å²) in [5, 5.41) is 2.70. The first kappa shape index (κ1) is 27.1. The van der Waals surface area contributed by atoms with Crippen LogP contribution in [0.3, 0.4) is 0 Å². The summed E-state index contributed by atoms with van der Waals surface area (Å²) in [6.07, 6.45) is 6.18. The van der Waals surface area contributed by atoms with Crippen LogP contribution in [0.1, 0.15) is 45.1 Å². The maximum absolute atomic E-state index is 13.4. The van der Waals surface area contributed by atoms with Crippen LogP contribution in [0.15, 0.2) is 84.4 Å². The van der Waals surface area contributed by atoms with Gasteiger partial charge in [0.25, 0.3) is 11.8 Å². The number of amides is 2. The molecule has 196 valence electrons. The molecule has 6 nitrogen and oxygen atoms in total. The Morgan fingerprint density at radius 1 is 0.842 bits per heavy atom. The van der Waals surface area contributed by atoms with Gasteiger partial charge in [0.1, 0.15) is 17.1 Å². The fraction of sp³-hybridized carbons (Fsp3) is 0.258. The number of nitrogens with one attached hydrogen (secondary N) is 1. The molecule has 38 heavy (non-hydrogen) atoms. The first-order chi connectivity index (χ1) is 18.5. The first-order valence-electron chi connectivity index (χ1n) is 13.1. The van der Waals surface area contributed by atoms with Crippen LogP contribution in [0.25, 0.3) is 6.08 Å². The summed E-state index contributed by atoms with van der Waals surface area (Å²) >= 11 is 5.34. The largest absolute Gasteiger partial charge is 0.457 e. The van der Waals surface area contributed by atoms with Gasteiger partial charge in [0, 0.05) is 18.8 Å². The number of para-hydroxylation sites is 1. The zero-order valence-electron chi connectivity index (χ0n) is 21.9. The number of nitrogens with zero attached hydrogens (tertiary/aromatic N) is 2. The lowest BCUT2D eigenvalue weighted by molar-refractivity contribution is -0.122.